The van der Waals surface area contributed by atoms with Crippen molar-refractivity contribution in [1.29, 1.82) is 0 Å². The number of aryl methyl sites for hydroxylation is 2. The first-order valence-electron chi connectivity index (χ1n) is 10.8. The lowest BCUT2D eigenvalue weighted by Crippen LogP contribution is -2.51. The van der Waals surface area contributed by atoms with Gasteiger partial charge in [-0.1, -0.05) is 35.4 Å². The van der Waals surface area contributed by atoms with Gasteiger partial charge in [0.2, 0.25) is 0 Å². The lowest BCUT2D eigenvalue weighted by atomic mass is 10.1. The zero-order valence-electron chi connectivity index (χ0n) is 17.8. The van der Waals surface area contributed by atoms with Crippen molar-refractivity contribution in [1.82, 2.24) is 9.80 Å². The molecule has 1 aliphatic carbocycles. The van der Waals surface area contributed by atoms with Crippen LogP contribution in [-0.2, 0) is 4.74 Å². The second-order valence-electron chi connectivity index (χ2n) is 8.63. The average Bonchev–Trinajstić information content (AvgIpc) is 3.58. The Balaban J connectivity index is 1.43. The standard InChI is InChI=1S/C25H30N2O3/c1-18-3-9-21(10-4-18)24(28)26-13-14-30-23(16-26)17-27(15-20-7-8-20)25(29)22-11-5-19(2)6-12-22/h3-6,9-12,20,23H,7-8,13-17H2,1-2H3. The third-order valence-electron chi connectivity index (χ3n) is 5.91. The van der Waals surface area contributed by atoms with E-state index >= 15 is 0 Å². The highest BCUT2D eigenvalue weighted by Gasteiger charge is 2.32. The van der Waals surface area contributed by atoms with Gasteiger partial charge < -0.3 is 14.5 Å². The first-order chi connectivity index (χ1) is 14.5. The fraction of sp³-hybridized carbons (Fsp3) is 0.440. The molecule has 158 valence electrons. The van der Waals surface area contributed by atoms with Crippen molar-refractivity contribution in [2.75, 3.05) is 32.8 Å². The molecule has 5 nitrogen and oxygen atoms in total. The third-order valence-corrected chi connectivity index (χ3v) is 5.91. The molecule has 2 amide bonds. The van der Waals surface area contributed by atoms with Crippen molar-refractivity contribution in [3.8, 4) is 0 Å². The Bertz CT molecular complexity index is 888. The van der Waals surface area contributed by atoms with E-state index in [1.807, 2.05) is 72.2 Å². The molecule has 0 N–H and O–H groups in total. The van der Waals surface area contributed by atoms with Crippen LogP contribution in [0.2, 0.25) is 0 Å². The van der Waals surface area contributed by atoms with E-state index in [2.05, 4.69) is 0 Å². The SMILES string of the molecule is Cc1ccc(C(=O)N2CCOC(CN(CC3CC3)C(=O)c3ccc(C)cc3)C2)cc1. The molecule has 0 spiro atoms. The normalized spacial score (nSPS) is 18.9. The highest BCUT2D eigenvalue weighted by atomic mass is 16.5. The predicted molar refractivity (Wildman–Crippen MR) is 117 cm³/mol. The molecule has 2 fully saturated rings. The highest BCUT2D eigenvalue weighted by molar-refractivity contribution is 5.95. The highest BCUT2D eigenvalue weighted by Crippen LogP contribution is 2.30. The summed E-state index contributed by atoms with van der Waals surface area (Å²) in [4.78, 5) is 29.8. The first kappa shape index (κ1) is 20.6. The molecule has 1 unspecified atom stereocenters. The van der Waals surface area contributed by atoms with Gasteiger partial charge in [-0.3, -0.25) is 9.59 Å². The molecule has 2 aromatic rings. The van der Waals surface area contributed by atoms with Gasteiger partial charge in [0.05, 0.1) is 12.7 Å². The number of hydrogen-bond donors (Lipinski definition) is 0. The summed E-state index contributed by atoms with van der Waals surface area (Å²) >= 11 is 0. The minimum absolute atomic E-state index is 0.0295. The average molecular weight is 407 g/mol. The monoisotopic (exact) mass is 406 g/mol. The van der Waals surface area contributed by atoms with Gasteiger partial charge in [-0.15, -0.1) is 0 Å². The van der Waals surface area contributed by atoms with Crippen LogP contribution in [-0.4, -0.2) is 60.5 Å². The van der Waals surface area contributed by atoms with Gasteiger partial charge >= 0.3 is 0 Å². The van der Waals surface area contributed by atoms with Crippen LogP contribution in [0.5, 0.6) is 0 Å². The quantitative estimate of drug-likeness (QED) is 0.735. The van der Waals surface area contributed by atoms with Gasteiger partial charge in [0.1, 0.15) is 0 Å². The van der Waals surface area contributed by atoms with Crippen LogP contribution in [0.25, 0.3) is 0 Å². The van der Waals surface area contributed by atoms with Crippen molar-refractivity contribution >= 4 is 11.8 Å². The summed E-state index contributed by atoms with van der Waals surface area (Å²) in [6, 6.07) is 15.4. The van der Waals surface area contributed by atoms with Gasteiger partial charge in [0.15, 0.2) is 0 Å². The summed E-state index contributed by atoms with van der Waals surface area (Å²) in [5, 5.41) is 0. The summed E-state index contributed by atoms with van der Waals surface area (Å²) in [6.45, 7) is 6.90. The number of nitrogens with zero attached hydrogens (tertiary/aromatic N) is 2. The predicted octanol–water partition coefficient (Wildman–Crippen LogP) is 3.70. The lowest BCUT2D eigenvalue weighted by molar-refractivity contribution is -0.0335. The van der Waals surface area contributed by atoms with Crippen LogP contribution in [0.3, 0.4) is 0 Å². The number of carbonyl (C=O) groups excluding carboxylic acids is 2. The Morgan fingerprint density at radius 1 is 0.933 bits per heavy atom. The molecule has 4 rings (SSSR count). The topological polar surface area (TPSA) is 49.9 Å². The second kappa shape index (κ2) is 9.00. The van der Waals surface area contributed by atoms with Crippen molar-refractivity contribution < 1.29 is 14.3 Å². The Morgan fingerprint density at radius 3 is 2.13 bits per heavy atom. The smallest absolute Gasteiger partial charge is 0.254 e. The Hall–Kier alpha value is -2.66. The fourth-order valence-electron chi connectivity index (χ4n) is 3.87. The number of hydrogen-bond acceptors (Lipinski definition) is 3. The van der Waals surface area contributed by atoms with Crippen LogP contribution >= 0.6 is 0 Å². The van der Waals surface area contributed by atoms with E-state index in [1.54, 1.807) is 0 Å². The van der Waals surface area contributed by atoms with Crippen LogP contribution in [0.4, 0.5) is 0 Å². The second-order valence-corrected chi connectivity index (χ2v) is 8.63. The summed E-state index contributed by atoms with van der Waals surface area (Å²) < 4.78 is 5.96. The molecule has 1 atom stereocenters. The van der Waals surface area contributed by atoms with Crippen LogP contribution < -0.4 is 0 Å². The molecule has 1 heterocycles. The third kappa shape index (κ3) is 5.08. The van der Waals surface area contributed by atoms with E-state index in [0.717, 1.165) is 17.7 Å². The number of carbonyl (C=O) groups is 2. The number of rotatable bonds is 6. The van der Waals surface area contributed by atoms with Crippen molar-refractivity contribution in [2.45, 2.75) is 32.8 Å². The van der Waals surface area contributed by atoms with E-state index in [9.17, 15) is 9.59 Å². The van der Waals surface area contributed by atoms with Gasteiger partial charge in [0, 0.05) is 37.3 Å². The van der Waals surface area contributed by atoms with E-state index < -0.39 is 0 Å². The summed E-state index contributed by atoms with van der Waals surface area (Å²) in [5.74, 6) is 0.669. The zero-order chi connectivity index (χ0) is 21.1. The van der Waals surface area contributed by atoms with E-state index in [4.69, 9.17) is 4.74 Å². The minimum Gasteiger partial charge on any atom is -0.373 e. The summed E-state index contributed by atoms with van der Waals surface area (Å²) in [7, 11) is 0. The Kier molecular flexibility index (Phi) is 6.18. The van der Waals surface area contributed by atoms with Crippen LogP contribution in [0.15, 0.2) is 48.5 Å². The molecule has 2 aromatic carbocycles. The van der Waals surface area contributed by atoms with Crippen molar-refractivity contribution in [3.63, 3.8) is 0 Å². The Labute approximate surface area is 178 Å². The molecule has 30 heavy (non-hydrogen) atoms. The van der Waals surface area contributed by atoms with Gasteiger partial charge in [-0.05, 0) is 56.9 Å². The van der Waals surface area contributed by atoms with Gasteiger partial charge in [-0.25, -0.2) is 0 Å². The Morgan fingerprint density at radius 2 is 1.53 bits per heavy atom. The number of morpholine rings is 1. The summed E-state index contributed by atoms with van der Waals surface area (Å²) in [6.07, 6.45) is 2.20. The lowest BCUT2D eigenvalue weighted by Gasteiger charge is -2.36. The molecule has 0 aromatic heterocycles. The van der Waals surface area contributed by atoms with Crippen LogP contribution in [0.1, 0.15) is 44.7 Å². The largest absolute Gasteiger partial charge is 0.373 e. The molecule has 0 bridgehead atoms. The van der Waals surface area contributed by atoms with E-state index in [-0.39, 0.29) is 17.9 Å². The molecule has 5 heteroatoms. The summed E-state index contributed by atoms with van der Waals surface area (Å²) in [5.41, 5.74) is 3.69. The zero-order valence-corrected chi connectivity index (χ0v) is 17.8. The number of benzene rings is 2. The van der Waals surface area contributed by atoms with Gasteiger partial charge in [0.25, 0.3) is 11.8 Å². The molecule has 1 saturated carbocycles. The molecule has 1 aliphatic heterocycles. The number of ether oxygens (including phenoxy) is 1. The van der Waals surface area contributed by atoms with Crippen molar-refractivity contribution in [3.05, 3.63) is 70.8 Å². The number of amides is 2. The maximum Gasteiger partial charge on any atom is 0.254 e. The fourth-order valence-corrected chi connectivity index (χ4v) is 3.87. The molecule has 2 aliphatic rings. The van der Waals surface area contributed by atoms with Crippen LogP contribution in [0, 0.1) is 19.8 Å². The maximum atomic E-state index is 13.2. The van der Waals surface area contributed by atoms with E-state index in [0.29, 0.717) is 43.3 Å². The molecule has 1 saturated heterocycles. The molecular weight excluding hydrogens is 376 g/mol. The first-order valence-corrected chi connectivity index (χ1v) is 10.8. The molecular formula is C25H30N2O3. The maximum absolute atomic E-state index is 13.2. The molecule has 0 radical (unpaired) electrons. The minimum atomic E-state index is -0.165. The van der Waals surface area contributed by atoms with E-state index in [1.165, 1.54) is 12.8 Å². The van der Waals surface area contributed by atoms with Crippen molar-refractivity contribution in [2.24, 2.45) is 5.92 Å². The van der Waals surface area contributed by atoms with Gasteiger partial charge in [-0.2, -0.15) is 0 Å².